The van der Waals surface area contributed by atoms with E-state index in [2.05, 4.69) is 20.0 Å². The van der Waals surface area contributed by atoms with Gasteiger partial charge in [-0.05, 0) is 26.4 Å². The zero-order valence-corrected chi connectivity index (χ0v) is 12.3. The monoisotopic (exact) mass is 246 g/mol. The van der Waals surface area contributed by atoms with E-state index in [-0.39, 0.29) is 11.5 Å². The van der Waals surface area contributed by atoms with Gasteiger partial charge in [0.25, 0.3) is 0 Å². The Balaban J connectivity index is 3.97. The van der Waals surface area contributed by atoms with Crippen molar-refractivity contribution in [3.05, 3.63) is 0 Å². The summed E-state index contributed by atoms with van der Waals surface area (Å²) >= 11 is 0. The van der Waals surface area contributed by atoms with Crippen LogP contribution in [0.15, 0.2) is 0 Å². The molecule has 0 aliphatic carbocycles. The fourth-order valence-corrected chi connectivity index (χ4v) is 3.08. The first-order valence-corrected chi connectivity index (χ1v) is 9.24. The molecule has 96 valence electrons. The lowest BCUT2D eigenvalue weighted by Gasteiger charge is -2.27. The summed E-state index contributed by atoms with van der Waals surface area (Å²) in [6.07, 6.45) is 3.23. The Morgan fingerprint density at radius 3 is 2.38 bits per heavy atom. The highest BCUT2D eigenvalue weighted by Crippen LogP contribution is 2.23. The molecule has 0 amide bonds. The molecular formula is C12H26O3Si. The van der Waals surface area contributed by atoms with Crippen LogP contribution in [0.5, 0.6) is 0 Å². The topological polar surface area (TPSA) is 35.5 Å². The standard InChI is InChI=1S/C12H26O3Si/c1-6-8-9-10-14-12(13)11(3)16(4,5)15-7-2/h11H,6-10H2,1-5H3. The summed E-state index contributed by atoms with van der Waals surface area (Å²) < 4.78 is 10.9. The summed E-state index contributed by atoms with van der Waals surface area (Å²) in [7, 11) is -1.91. The minimum absolute atomic E-state index is 0.0888. The van der Waals surface area contributed by atoms with Gasteiger partial charge in [0.15, 0.2) is 8.32 Å². The lowest BCUT2D eigenvalue weighted by atomic mass is 10.3. The Hall–Kier alpha value is -0.353. The highest BCUT2D eigenvalue weighted by molar-refractivity contribution is 6.75. The Labute approximate surface area is 101 Å². The van der Waals surface area contributed by atoms with E-state index in [9.17, 15) is 4.79 Å². The minimum Gasteiger partial charge on any atom is -0.466 e. The van der Waals surface area contributed by atoms with Crippen molar-refractivity contribution >= 4 is 14.3 Å². The smallest absolute Gasteiger partial charge is 0.308 e. The van der Waals surface area contributed by atoms with Crippen molar-refractivity contribution in [2.45, 2.75) is 58.7 Å². The van der Waals surface area contributed by atoms with E-state index >= 15 is 0 Å². The second kappa shape index (κ2) is 7.85. The molecule has 0 aromatic carbocycles. The van der Waals surface area contributed by atoms with Crippen LogP contribution < -0.4 is 0 Å². The third kappa shape index (κ3) is 5.65. The average Bonchev–Trinajstić information content (AvgIpc) is 2.23. The summed E-state index contributed by atoms with van der Waals surface area (Å²) in [5.74, 6) is -0.0961. The molecule has 1 atom stereocenters. The van der Waals surface area contributed by atoms with Gasteiger partial charge in [0.1, 0.15) is 0 Å². The molecule has 0 bridgehead atoms. The molecule has 0 aromatic rings. The molecule has 0 spiro atoms. The zero-order valence-electron chi connectivity index (χ0n) is 11.3. The maximum Gasteiger partial charge on any atom is 0.308 e. The van der Waals surface area contributed by atoms with Gasteiger partial charge in [0, 0.05) is 6.61 Å². The van der Waals surface area contributed by atoms with Gasteiger partial charge in [0.05, 0.1) is 12.1 Å². The molecule has 0 N–H and O–H groups in total. The van der Waals surface area contributed by atoms with Gasteiger partial charge in [-0.25, -0.2) is 0 Å². The molecule has 4 heteroatoms. The van der Waals surface area contributed by atoms with Crippen molar-refractivity contribution in [1.29, 1.82) is 0 Å². The lowest BCUT2D eigenvalue weighted by molar-refractivity contribution is -0.143. The number of esters is 1. The van der Waals surface area contributed by atoms with E-state index < -0.39 is 8.32 Å². The molecule has 16 heavy (non-hydrogen) atoms. The van der Waals surface area contributed by atoms with Crippen molar-refractivity contribution in [1.82, 2.24) is 0 Å². The van der Waals surface area contributed by atoms with Gasteiger partial charge in [-0.3, -0.25) is 4.79 Å². The third-order valence-electron chi connectivity index (χ3n) is 2.90. The SMILES string of the molecule is CCCCCOC(=O)C(C)[Si](C)(C)OCC. The molecule has 0 heterocycles. The molecular weight excluding hydrogens is 220 g/mol. The van der Waals surface area contributed by atoms with Crippen LogP contribution >= 0.6 is 0 Å². The van der Waals surface area contributed by atoms with Crippen LogP contribution in [-0.2, 0) is 14.0 Å². The number of carbonyl (C=O) groups excluding carboxylic acids is 1. The normalized spacial score (nSPS) is 13.6. The molecule has 1 unspecified atom stereocenters. The quantitative estimate of drug-likeness (QED) is 0.374. The van der Waals surface area contributed by atoms with E-state index in [4.69, 9.17) is 9.16 Å². The second-order valence-electron chi connectivity index (χ2n) is 4.63. The highest BCUT2D eigenvalue weighted by Gasteiger charge is 2.36. The van der Waals surface area contributed by atoms with Gasteiger partial charge in [-0.2, -0.15) is 0 Å². The predicted molar refractivity (Wildman–Crippen MR) is 69.0 cm³/mol. The number of unbranched alkanes of at least 4 members (excludes halogenated alkanes) is 2. The number of hydrogen-bond acceptors (Lipinski definition) is 3. The van der Waals surface area contributed by atoms with Crippen molar-refractivity contribution in [2.75, 3.05) is 13.2 Å². The molecule has 0 aliphatic rings. The maximum absolute atomic E-state index is 11.8. The summed E-state index contributed by atoms with van der Waals surface area (Å²) in [6.45, 7) is 11.4. The largest absolute Gasteiger partial charge is 0.466 e. The first-order chi connectivity index (χ1) is 7.45. The molecule has 0 saturated heterocycles. The van der Waals surface area contributed by atoms with Crippen LogP contribution in [-0.4, -0.2) is 27.5 Å². The molecule has 0 radical (unpaired) electrons. The summed E-state index contributed by atoms with van der Waals surface area (Å²) in [5, 5.41) is 0. The van der Waals surface area contributed by atoms with Gasteiger partial charge < -0.3 is 9.16 Å². The van der Waals surface area contributed by atoms with Crippen LogP contribution in [0.4, 0.5) is 0 Å². The summed E-state index contributed by atoms with van der Waals surface area (Å²) in [5.41, 5.74) is -0.0888. The molecule has 0 rings (SSSR count). The van der Waals surface area contributed by atoms with E-state index in [1.54, 1.807) is 0 Å². The zero-order chi connectivity index (χ0) is 12.6. The second-order valence-corrected chi connectivity index (χ2v) is 8.99. The molecule has 0 aromatic heterocycles. The first kappa shape index (κ1) is 15.6. The predicted octanol–water partition coefficient (Wildman–Crippen LogP) is 3.35. The van der Waals surface area contributed by atoms with Crippen molar-refractivity contribution < 1.29 is 14.0 Å². The van der Waals surface area contributed by atoms with Crippen LogP contribution in [0.2, 0.25) is 18.6 Å². The Morgan fingerprint density at radius 2 is 1.88 bits per heavy atom. The van der Waals surface area contributed by atoms with Gasteiger partial charge >= 0.3 is 5.97 Å². The van der Waals surface area contributed by atoms with E-state index in [0.29, 0.717) is 13.2 Å². The maximum atomic E-state index is 11.8. The fourth-order valence-electron chi connectivity index (χ4n) is 1.43. The van der Waals surface area contributed by atoms with Crippen LogP contribution in [0.1, 0.15) is 40.0 Å². The van der Waals surface area contributed by atoms with Crippen molar-refractivity contribution in [2.24, 2.45) is 0 Å². The summed E-state index contributed by atoms with van der Waals surface area (Å²) in [6, 6.07) is 0. The summed E-state index contributed by atoms with van der Waals surface area (Å²) in [4.78, 5) is 11.8. The van der Waals surface area contributed by atoms with Gasteiger partial charge in [-0.1, -0.05) is 26.7 Å². The van der Waals surface area contributed by atoms with Crippen molar-refractivity contribution in [3.63, 3.8) is 0 Å². The molecule has 0 fully saturated rings. The average molecular weight is 246 g/mol. The highest BCUT2D eigenvalue weighted by atomic mass is 28.4. The fraction of sp³-hybridized carbons (Fsp3) is 0.917. The van der Waals surface area contributed by atoms with E-state index in [0.717, 1.165) is 19.3 Å². The number of hydrogen-bond donors (Lipinski definition) is 0. The lowest BCUT2D eigenvalue weighted by Crippen LogP contribution is -2.39. The number of carbonyl (C=O) groups is 1. The first-order valence-electron chi connectivity index (χ1n) is 6.26. The Morgan fingerprint density at radius 1 is 1.25 bits per heavy atom. The Kier molecular flexibility index (Phi) is 7.67. The van der Waals surface area contributed by atoms with Crippen LogP contribution in [0.3, 0.4) is 0 Å². The molecule has 0 aliphatic heterocycles. The van der Waals surface area contributed by atoms with Crippen LogP contribution in [0, 0.1) is 0 Å². The van der Waals surface area contributed by atoms with E-state index in [1.807, 2.05) is 13.8 Å². The van der Waals surface area contributed by atoms with Gasteiger partial charge in [0.2, 0.25) is 0 Å². The Bertz CT molecular complexity index is 204. The third-order valence-corrected chi connectivity index (χ3v) is 6.26. The van der Waals surface area contributed by atoms with Crippen LogP contribution in [0.25, 0.3) is 0 Å². The molecule has 3 nitrogen and oxygen atoms in total. The number of ether oxygens (including phenoxy) is 1. The number of rotatable bonds is 8. The molecule has 0 saturated carbocycles. The van der Waals surface area contributed by atoms with Crippen molar-refractivity contribution in [3.8, 4) is 0 Å². The van der Waals surface area contributed by atoms with E-state index in [1.165, 1.54) is 0 Å². The van der Waals surface area contributed by atoms with Gasteiger partial charge in [-0.15, -0.1) is 0 Å². The minimum atomic E-state index is -1.91.